The largest absolute Gasteiger partial charge is 0.376 e. The van der Waals surface area contributed by atoms with Crippen molar-refractivity contribution in [1.29, 1.82) is 0 Å². The zero-order valence-corrected chi connectivity index (χ0v) is 18.3. The minimum atomic E-state index is -0.362. The van der Waals surface area contributed by atoms with E-state index in [9.17, 15) is 4.79 Å². The summed E-state index contributed by atoms with van der Waals surface area (Å²) in [5, 5.41) is 6.33. The Bertz CT molecular complexity index is 490. The number of carbonyl (C=O) groups excluding carboxylic acids is 1. The van der Waals surface area contributed by atoms with Crippen LogP contribution in [-0.2, 0) is 14.3 Å². The van der Waals surface area contributed by atoms with Gasteiger partial charge in [-0.15, -0.1) is 0 Å². The summed E-state index contributed by atoms with van der Waals surface area (Å²) in [6, 6.07) is 0. The summed E-state index contributed by atoms with van der Waals surface area (Å²) in [6.07, 6.45) is 6.19. The van der Waals surface area contributed by atoms with Crippen molar-refractivity contribution in [2.75, 3.05) is 45.9 Å². The smallest absolute Gasteiger partial charge is 0.225 e. The summed E-state index contributed by atoms with van der Waals surface area (Å²) in [4.78, 5) is 18.9. The van der Waals surface area contributed by atoms with Gasteiger partial charge in [-0.3, -0.25) is 9.79 Å². The number of rotatable bonds is 7. The van der Waals surface area contributed by atoms with Gasteiger partial charge >= 0.3 is 0 Å². The van der Waals surface area contributed by atoms with Crippen LogP contribution in [0.5, 0.6) is 0 Å². The van der Waals surface area contributed by atoms with Crippen LogP contribution in [-0.4, -0.2) is 74.9 Å². The van der Waals surface area contributed by atoms with Crippen molar-refractivity contribution < 1.29 is 14.3 Å². The third-order valence-corrected chi connectivity index (χ3v) is 5.21. The first-order chi connectivity index (χ1) is 13.4. The molecule has 1 amide bonds. The van der Waals surface area contributed by atoms with Gasteiger partial charge in [-0.05, 0) is 39.0 Å². The van der Waals surface area contributed by atoms with E-state index in [-0.39, 0.29) is 17.4 Å². The van der Waals surface area contributed by atoms with Gasteiger partial charge in [0.25, 0.3) is 0 Å². The zero-order valence-electron chi connectivity index (χ0n) is 18.3. The molecule has 2 heterocycles. The molecule has 7 nitrogen and oxygen atoms in total. The molecule has 2 aliphatic heterocycles. The number of guanidine groups is 1. The molecule has 0 bridgehead atoms. The topological polar surface area (TPSA) is 75.2 Å². The molecule has 28 heavy (non-hydrogen) atoms. The monoisotopic (exact) mass is 396 g/mol. The number of ether oxygens (including phenoxy) is 2. The van der Waals surface area contributed by atoms with E-state index in [0.717, 1.165) is 58.1 Å². The Morgan fingerprint density at radius 3 is 2.54 bits per heavy atom. The molecule has 0 aromatic carbocycles. The molecule has 2 N–H and O–H groups in total. The Morgan fingerprint density at radius 1 is 1.18 bits per heavy atom. The van der Waals surface area contributed by atoms with Crippen LogP contribution >= 0.6 is 0 Å². The van der Waals surface area contributed by atoms with Gasteiger partial charge in [0.2, 0.25) is 5.91 Å². The van der Waals surface area contributed by atoms with Crippen LogP contribution in [0.15, 0.2) is 4.99 Å². The van der Waals surface area contributed by atoms with Crippen LogP contribution in [0.1, 0.15) is 59.8 Å². The van der Waals surface area contributed by atoms with Crippen molar-refractivity contribution in [3.05, 3.63) is 0 Å². The van der Waals surface area contributed by atoms with Crippen molar-refractivity contribution in [3.8, 4) is 0 Å². The molecule has 2 fully saturated rings. The summed E-state index contributed by atoms with van der Waals surface area (Å²) in [6.45, 7) is 13.3. The maximum atomic E-state index is 11.9. The predicted molar refractivity (Wildman–Crippen MR) is 113 cm³/mol. The molecule has 2 aliphatic rings. The number of hydrogen-bond donors (Lipinski definition) is 2. The third kappa shape index (κ3) is 7.95. The predicted octanol–water partition coefficient (Wildman–Crippen LogP) is 2.16. The lowest BCUT2D eigenvalue weighted by Gasteiger charge is -2.35. The lowest BCUT2D eigenvalue weighted by Crippen LogP contribution is -2.47. The minimum Gasteiger partial charge on any atom is -0.376 e. The summed E-state index contributed by atoms with van der Waals surface area (Å²) in [5.41, 5.74) is -0.362. The zero-order chi connectivity index (χ0) is 20.4. The number of hydrogen-bond acceptors (Lipinski definition) is 4. The molecular weight excluding hydrogens is 356 g/mol. The summed E-state index contributed by atoms with van der Waals surface area (Å²) >= 11 is 0. The standard InChI is InChI=1S/C21H40N4O3/c1-5-22-20(24-12-11-23-19(26)21(2,3)4)25-13-9-17(10-14-25)28-16-18-8-6-7-15-27-18/h17-18H,5-16H2,1-4H3,(H,22,24)(H,23,26). The average molecular weight is 397 g/mol. The average Bonchev–Trinajstić information content (AvgIpc) is 2.69. The minimum absolute atomic E-state index is 0.0626. The van der Waals surface area contributed by atoms with Gasteiger partial charge in [0.1, 0.15) is 0 Å². The second kappa shape index (κ2) is 11.6. The van der Waals surface area contributed by atoms with Crippen LogP contribution in [0, 0.1) is 5.41 Å². The van der Waals surface area contributed by atoms with E-state index < -0.39 is 0 Å². The molecule has 0 aromatic rings. The Balaban J connectivity index is 1.71. The van der Waals surface area contributed by atoms with Gasteiger partial charge in [-0.2, -0.15) is 0 Å². The normalized spacial score (nSPS) is 22.2. The first kappa shape index (κ1) is 22.9. The molecule has 1 atom stereocenters. The highest BCUT2D eigenvalue weighted by Gasteiger charge is 2.24. The first-order valence-electron chi connectivity index (χ1n) is 10.9. The number of nitrogens with one attached hydrogen (secondary N) is 2. The van der Waals surface area contributed by atoms with E-state index in [4.69, 9.17) is 14.5 Å². The van der Waals surface area contributed by atoms with E-state index in [2.05, 4.69) is 22.5 Å². The highest BCUT2D eigenvalue weighted by atomic mass is 16.5. The van der Waals surface area contributed by atoms with E-state index in [1.54, 1.807) is 0 Å². The maximum absolute atomic E-state index is 11.9. The highest BCUT2D eigenvalue weighted by molar-refractivity contribution is 5.81. The number of likely N-dealkylation sites (tertiary alicyclic amines) is 1. The molecule has 2 rings (SSSR count). The van der Waals surface area contributed by atoms with Crippen molar-refractivity contribution in [2.45, 2.75) is 72.0 Å². The van der Waals surface area contributed by atoms with Crippen LogP contribution in [0.25, 0.3) is 0 Å². The van der Waals surface area contributed by atoms with Gasteiger partial charge in [-0.25, -0.2) is 0 Å². The SMILES string of the molecule is CCNC(=NCCNC(=O)C(C)(C)C)N1CCC(OCC2CCCCO2)CC1. The van der Waals surface area contributed by atoms with Crippen molar-refractivity contribution >= 4 is 11.9 Å². The summed E-state index contributed by atoms with van der Waals surface area (Å²) in [5.74, 6) is 0.995. The van der Waals surface area contributed by atoms with Gasteiger partial charge < -0.3 is 25.0 Å². The fourth-order valence-electron chi connectivity index (χ4n) is 3.44. The number of piperidine rings is 1. The number of carbonyl (C=O) groups is 1. The molecule has 0 spiro atoms. The van der Waals surface area contributed by atoms with Gasteiger partial charge in [-0.1, -0.05) is 20.8 Å². The van der Waals surface area contributed by atoms with Crippen molar-refractivity contribution in [1.82, 2.24) is 15.5 Å². The Kier molecular flexibility index (Phi) is 9.51. The molecule has 1 unspecified atom stereocenters. The summed E-state index contributed by atoms with van der Waals surface area (Å²) in [7, 11) is 0. The van der Waals surface area contributed by atoms with E-state index >= 15 is 0 Å². The van der Waals surface area contributed by atoms with Gasteiger partial charge in [0.15, 0.2) is 5.96 Å². The first-order valence-corrected chi connectivity index (χ1v) is 10.9. The fraction of sp³-hybridized carbons (Fsp3) is 0.905. The molecule has 0 aromatic heterocycles. The van der Waals surface area contributed by atoms with Crippen LogP contribution < -0.4 is 10.6 Å². The van der Waals surface area contributed by atoms with Crippen LogP contribution in [0.3, 0.4) is 0 Å². The molecule has 0 radical (unpaired) electrons. The number of amides is 1. The molecule has 2 saturated heterocycles. The second-order valence-corrected chi connectivity index (χ2v) is 8.75. The molecule has 7 heteroatoms. The quantitative estimate of drug-likeness (QED) is 0.392. The highest BCUT2D eigenvalue weighted by Crippen LogP contribution is 2.18. The Labute approximate surface area is 170 Å². The fourth-order valence-corrected chi connectivity index (χ4v) is 3.44. The summed E-state index contributed by atoms with van der Waals surface area (Å²) < 4.78 is 11.9. The van der Waals surface area contributed by atoms with Crippen LogP contribution in [0.2, 0.25) is 0 Å². The lowest BCUT2D eigenvalue weighted by atomic mass is 9.96. The molecule has 0 aliphatic carbocycles. The van der Waals surface area contributed by atoms with E-state index in [1.165, 1.54) is 12.8 Å². The Morgan fingerprint density at radius 2 is 1.93 bits per heavy atom. The van der Waals surface area contributed by atoms with E-state index in [1.807, 2.05) is 20.8 Å². The van der Waals surface area contributed by atoms with Gasteiger partial charge in [0, 0.05) is 38.2 Å². The third-order valence-electron chi connectivity index (χ3n) is 5.21. The van der Waals surface area contributed by atoms with E-state index in [0.29, 0.717) is 19.2 Å². The molecule has 162 valence electrons. The Hall–Kier alpha value is -1.34. The second-order valence-electron chi connectivity index (χ2n) is 8.75. The molecular formula is C21H40N4O3. The lowest BCUT2D eigenvalue weighted by molar-refractivity contribution is -0.128. The molecule has 0 saturated carbocycles. The van der Waals surface area contributed by atoms with Crippen molar-refractivity contribution in [3.63, 3.8) is 0 Å². The van der Waals surface area contributed by atoms with Gasteiger partial charge in [0.05, 0.1) is 25.4 Å². The number of aliphatic imine (C=N–C) groups is 1. The van der Waals surface area contributed by atoms with Crippen molar-refractivity contribution in [2.24, 2.45) is 10.4 Å². The maximum Gasteiger partial charge on any atom is 0.225 e. The van der Waals surface area contributed by atoms with Crippen LogP contribution in [0.4, 0.5) is 0 Å². The number of nitrogens with zero attached hydrogens (tertiary/aromatic N) is 2.